The third-order valence-corrected chi connectivity index (χ3v) is 3.68. The Morgan fingerprint density at radius 2 is 1.95 bits per heavy atom. The summed E-state index contributed by atoms with van der Waals surface area (Å²) in [5, 5.41) is 7.92. The predicted octanol–water partition coefficient (Wildman–Crippen LogP) is 3.49. The molecule has 0 aliphatic carbocycles. The number of nitrogens with zero attached hydrogens (tertiary/aromatic N) is 2. The SMILES string of the molecule is Cc1ccc([C@@H](C)NCc2cnn3ccccc23)cc1. The third-order valence-electron chi connectivity index (χ3n) is 3.68. The molecule has 1 atom stereocenters. The Kier molecular flexibility index (Phi) is 3.52. The lowest BCUT2D eigenvalue weighted by molar-refractivity contribution is 0.576. The molecule has 1 aromatic carbocycles. The van der Waals surface area contributed by atoms with Crippen LogP contribution in [0.5, 0.6) is 0 Å². The molecule has 0 bridgehead atoms. The number of nitrogens with one attached hydrogen (secondary N) is 1. The first-order valence-corrected chi connectivity index (χ1v) is 6.95. The molecule has 0 saturated heterocycles. The number of rotatable bonds is 4. The van der Waals surface area contributed by atoms with Crippen LogP contribution in [0.15, 0.2) is 54.9 Å². The number of fused-ring (bicyclic) bond motifs is 1. The molecule has 0 amide bonds. The fourth-order valence-electron chi connectivity index (χ4n) is 2.36. The molecule has 3 nitrogen and oxygen atoms in total. The van der Waals surface area contributed by atoms with E-state index < -0.39 is 0 Å². The first-order chi connectivity index (χ1) is 9.74. The summed E-state index contributed by atoms with van der Waals surface area (Å²) < 4.78 is 1.91. The van der Waals surface area contributed by atoms with Gasteiger partial charge in [-0.05, 0) is 31.5 Å². The van der Waals surface area contributed by atoms with Crippen LogP contribution in [-0.4, -0.2) is 9.61 Å². The zero-order valence-corrected chi connectivity index (χ0v) is 11.9. The molecule has 0 spiro atoms. The van der Waals surface area contributed by atoms with Crippen LogP contribution in [-0.2, 0) is 6.54 Å². The molecule has 20 heavy (non-hydrogen) atoms. The Morgan fingerprint density at radius 1 is 1.15 bits per heavy atom. The topological polar surface area (TPSA) is 29.3 Å². The van der Waals surface area contributed by atoms with Gasteiger partial charge in [-0.15, -0.1) is 0 Å². The second-order valence-electron chi connectivity index (χ2n) is 5.21. The van der Waals surface area contributed by atoms with E-state index >= 15 is 0 Å². The van der Waals surface area contributed by atoms with E-state index in [-0.39, 0.29) is 0 Å². The Balaban J connectivity index is 1.71. The van der Waals surface area contributed by atoms with Gasteiger partial charge in [0.25, 0.3) is 0 Å². The maximum atomic E-state index is 4.36. The van der Waals surface area contributed by atoms with Gasteiger partial charge in [0, 0.05) is 24.3 Å². The highest BCUT2D eigenvalue weighted by molar-refractivity contribution is 5.53. The summed E-state index contributed by atoms with van der Waals surface area (Å²) in [7, 11) is 0. The van der Waals surface area contributed by atoms with Crippen molar-refractivity contribution < 1.29 is 0 Å². The number of benzene rings is 1. The summed E-state index contributed by atoms with van der Waals surface area (Å²) in [6.45, 7) is 5.12. The quantitative estimate of drug-likeness (QED) is 0.782. The number of pyridine rings is 1. The van der Waals surface area contributed by atoms with Crippen LogP contribution in [0, 0.1) is 6.92 Å². The molecule has 2 aromatic heterocycles. The zero-order valence-electron chi connectivity index (χ0n) is 11.9. The van der Waals surface area contributed by atoms with Gasteiger partial charge in [0.15, 0.2) is 0 Å². The van der Waals surface area contributed by atoms with E-state index in [1.807, 2.05) is 29.0 Å². The molecule has 3 rings (SSSR count). The summed E-state index contributed by atoms with van der Waals surface area (Å²) in [5.41, 5.74) is 5.00. The molecule has 102 valence electrons. The first kappa shape index (κ1) is 12.9. The van der Waals surface area contributed by atoms with Crippen LogP contribution in [0.2, 0.25) is 0 Å². The molecule has 0 saturated carbocycles. The molecular formula is C17H19N3. The lowest BCUT2D eigenvalue weighted by Crippen LogP contribution is -2.17. The predicted molar refractivity (Wildman–Crippen MR) is 81.6 cm³/mol. The average molecular weight is 265 g/mol. The van der Waals surface area contributed by atoms with Gasteiger partial charge in [-0.1, -0.05) is 35.9 Å². The summed E-state index contributed by atoms with van der Waals surface area (Å²) in [6.07, 6.45) is 3.91. The molecule has 0 aliphatic rings. The molecule has 1 N–H and O–H groups in total. The van der Waals surface area contributed by atoms with Gasteiger partial charge in [-0.2, -0.15) is 5.10 Å². The largest absolute Gasteiger partial charge is 0.306 e. The average Bonchev–Trinajstić information content (AvgIpc) is 2.89. The first-order valence-electron chi connectivity index (χ1n) is 6.95. The standard InChI is InChI=1S/C17H19N3/c1-13-6-8-15(9-7-13)14(2)18-11-16-12-19-20-10-4-3-5-17(16)20/h3-10,12,14,18H,11H2,1-2H3/t14-/m1/s1. The van der Waals surface area contributed by atoms with Crippen LogP contribution >= 0.6 is 0 Å². The Labute approximate surface area is 119 Å². The van der Waals surface area contributed by atoms with Crippen molar-refractivity contribution in [2.24, 2.45) is 0 Å². The van der Waals surface area contributed by atoms with E-state index in [0.717, 1.165) is 12.1 Å². The lowest BCUT2D eigenvalue weighted by atomic mass is 10.1. The lowest BCUT2D eigenvalue weighted by Gasteiger charge is -2.14. The molecule has 3 heteroatoms. The van der Waals surface area contributed by atoms with Crippen LogP contribution in [0.25, 0.3) is 5.52 Å². The fraction of sp³-hybridized carbons (Fsp3) is 0.235. The van der Waals surface area contributed by atoms with Crippen LogP contribution in [0.4, 0.5) is 0 Å². The van der Waals surface area contributed by atoms with Crippen molar-refractivity contribution in [1.29, 1.82) is 0 Å². The van der Waals surface area contributed by atoms with E-state index in [1.165, 1.54) is 16.7 Å². The zero-order chi connectivity index (χ0) is 13.9. The van der Waals surface area contributed by atoms with Crippen molar-refractivity contribution in [3.8, 4) is 0 Å². The van der Waals surface area contributed by atoms with Crippen molar-refractivity contribution in [2.45, 2.75) is 26.4 Å². The minimum atomic E-state index is 0.328. The van der Waals surface area contributed by atoms with Crippen LogP contribution in [0.1, 0.15) is 29.7 Å². The fourth-order valence-corrected chi connectivity index (χ4v) is 2.36. The van der Waals surface area contributed by atoms with Crippen molar-refractivity contribution in [3.63, 3.8) is 0 Å². The summed E-state index contributed by atoms with van der Waals surface area (Å²) >= 11 is 0. The monoisotopic (exact) mass is 265 g/mol. The van der Waals surface area contributed by atoms with Crippen molar-refractivity contribution in [1.82, 2.24) is 14.9 Å². The van der Waals surface area contributed by atoms with Gasteiger partial charge in [0.05, 0.1) is 11.7 Å². The van der Waals surface area contributed by atoms with E-state index in [1.54, 1.807) is 0 Å². The number of hydrogen-bond acceptors (Lipinski definition) is 2. The third kappa shape index (κ3) is 2.58. The van der Waals surface area contributed by atoms with E-state index in [0.29, 0.717) is 6.04 Å². The smallest absolute Gasteiger partial charge is 0.0706 e. The second kappa shape index (κ2) is 5.47. The van der Waals surface area contributed by atoms with Gasteiger partial charge < -0.3 is 5.32 Å². The summed E-state index contributed by atoms with van der Waals surface area (Å²) in [5.74, 6) is 0. The Hall–Kier alpha value is -2.13. The van der Waals surface area contributed by atoms with Crippen molar-refractivity contribution in [3.05, 3.63) is 71.5 Å². The van der Waals surface area contributed by atoms with Crippen LogP contribution in [0.3, 0.4) is 0 Å². The van der Waals surface area contributed by atoms with Gasteiger partial charge >= 0.3 is 0 Å². The minimum Gasteiger partial charge on any atom is -0.306 e. The summed E-state index contributed by atoms with van der Waals surface area (Å²) in [6, 6.07) is 15.1. The Bertz CT molecular complexity index is 698. The van der Waals surface area contributed by atoms with Crippen LogP contribution < -0.4 is 5.32 Å². The molecule has 3 aromatic rings. The van der Waals surface area contributed by atoms with Gasteiger partial charge in [0.2, 0.25) is 0 Å². The molecule has 0 fully saturated rings. The maximum Gasteiger partial charge on any atom is 0.0706 e. The molecule has 0 aliphatic heterocycles. The molecular weight excluding hydrogens is 246 g/mol. The van der Waals surface area contributed by atoms with E-state index in [2.05, 4.69) is 54.6 Å². The highest BCUT2D eigenvalue weighted by Gasteiger charge is 2.07. The van der Waals surface area contributed by atoms with Crippen molar-refractivity contribution in [2.75, 3.05) is 0 Å². The highest BCUT2D eigenvalue weighted by atomic mass is 15.2. The van der Waals surface area contributed by atoms with Gasteiger partial charge in [0.1, 0.15) is 0 Å². The van der Waals surface area contributed by atoms with E-state index in [4.69, 9.17) is 0 Å². The molecule has 0 unspecified atom stereocenters. The second-order valence-corrected chi connectivity index (χ2v) is 5.21. The van der Waals surface area contributed by atoms with Crippen molar-refractivity contribution >= 4 is 5.52 Å². The summed E-state index contributed by atoms with van der Waals surface area (Å²) in [4.78, 5) is 0. The van der Waals surface area contributed by atoms with Gasteiger partial charge in [-0.3, -0.25) is 0 Å². The van der Waals surface area contributed by atoms with Gasteiger partial charge in [-0.25, -0.2) is 4.52 Å². The Morgan fingerprint density at radius 3 is 2.75 bits per heavy atom. The minimum absolute atomic E-state index is 0.328. The maximum absolute atomic E-state index is 4.36. The molecule has 0 radical (unpaired) electrons. The number of hydrogen-bond donors (Lipinski definition) is 1. The molecule has 2 heterocycles. The number of aromatic nitrogens is 2. The normalized spacial score (nSPS) is 12.7. The highest BCUT2D eigenvalue weighted by Crippen LogP contribution is 2.15. The van der Waals surface area contributed by atoms with E-state index in [9.17, 15) is 0 Å². The number of aryl methyl sites for hydroxylation is 1.